The van der Waals surface area contributed by atoms with E-state index in [4.69, 9.17) is 16.3 Å². The summed E-state index contributed by atoms with van der Waals surface area (Å²) >= 11 is 7.34. The summed E-state index contributed by atoms with van der Waals surface area (Å²) in [6, 6.07) is 10.6. The maximum absolute atomic E-state index is 12.9. The molecule has 144 valence electrons. The highest BCUT2D eigenvalue weighted by Crippen LogP contribution is 2.27. The number of Topliss-reactive ketones (excluding diaryl/α,β-unsaturated/α-hetero) is 1. The van der Waals surface area contributed by atoms with E-state index < -0.39 is 0 Å². The summed E-state index contributed by atoms with van der Waals surface area (Å²) in [6.45, 7) is 3.22. The second-order valence-corrected chi connectivity index (χ2v) is 8.02. The van der Waals surface area contributed by atoms with Crippen molar-refractivity contribution in [2.24, 2.45) is 0 Å². The summed E-state index contributed by atoms with van der Waals surface area (Å²) in [5.41, 5.74) is 2.17. The van der Waals surface area contributed by atoms with Gasteiger partial charge in [0, 0.05) is 23.6 Å². The van der Waals surface area contributed by atoms with Crippen LogP contribution in [-0.4, -0.2) is 27.7 Å². The van der Waals surface area contributed by atoms with Crippen molar-refractivity contribution in [3.63, 3.8) is 0 Å². The Morgan fingerprint density at radius 2 is 2.14 bits per heavy atom. The zero-order valence-electron chi connectivity index (χ0n) is 15.4. The summed E-state index contributed by atoms with van der Waals surface area (Å²) in [5, 5.41) is 1.60. The first-order valence-corrected chi connectivity index (χ1v) is 10.5. The monoisotopic (exact) mass is 414 g/mol. The molecule has 1 aromatic heterocycles. The number of ether oxygens (including phenoxy) is 1. The van der Waals surface area contributed by atoms with Crippen LogP contribution in [0.1, 0.15) is 29.3 Å². The van der Waals surface area contributed by atoms with Crippen LogP contribution in [0.15, 0.2) is 46.3 Å². The number of nitrogens with zero attached hydrogens (tertiary/aromatic N) is 2. The summed E-state index contributed by atoms with van der Waals surface area (Å²) in [4.78, 5) is 30.2. The van der Waals surface area contributed by atoms with E-state index in [0.29, 0.717) is 39.8 Å². The van der Waals surface area contributed by atoms with E-state index in [2.05, 4.69) is 4.98 Å². The van der Waals surface area contributed by atoms with Gasteiger partial charge in [-0.15, -0.1) is 0 Å². The van der Waals surface area contributed by atoms with Crippen LogP contribution in [0.4, 0.5) is 0 Å². The summed E-state index contributed by atoms with van der Waals surface area (Å²) in [7, 11) is 0. The number of thioether (sulfide) groups is 1. The Kier molecular flexibility index (Phi) is 5.42. The molecule has 0 atom stereocenters. The predicted molar refractivity (Wildman–Crippen MR) is 112 cm³/mol. The van der Waals surface area contributed by atoms with Crippen molar-refractivity contribution in [2.75, 3.05) is 12.4 Å². The average Bonchev–Trinajstić information content (AvgIpc) is 3.16. The van der Waals surface area contributed by atoms with Crippen molar-refractivity contribution in [1.29, 1.82) is 0 Å². The zero-order chi connectivity index (χ0) is 19.7. The van der Waals surface area contributed by atoms with Gasteiger partial charge < -0.3 is 4.74 Å². The van der Waals surface area contributed by atoms with Gasteiger partial charge in [-0.2, -0.15) is 0 Å². The molecule has 0 aliphatic carbocycles. The van der Waals surface area contributed by atoms with Gasteiger partial charge in [0.15, 0.2) is 10.9 Å². The Labute approximate surface area is 171 Å². The molecule has 2 heterocycles. The van der Waals surface area contributed by atoms with Gasteiger partial charge in [-0.25, -0.2) is 4.98 Å². The van der Waals surface area contributed by atoms with Gasteiger partial charge in [0.1, 0.15) is 5.75 Å². The molecule has 0 N–H and O–H groups in total. The van der Waals surface area contributed by atoms with E-state index >= 15 is 0 Å². The highest BCUT2D eigenvalue weighted by atomic mass is 35.5. The SMILES string of the molecule is CCCn1c(SCC(=O)c2ccc3c(c2)CCO3)nc2cc(Cl)ccc2c1=O. The molecule has 7 heteroatoms. The third-order valence-corrected chi connectivity index (χ3v) is 5.88. The number of carbonyl (C=O) groups excluding carboxylic acids is 1. The molecule has 0 amide bonds. The Morgan fingerprint density at radius 3 is 2.96 bits per heavy atom. The molecule has 1 aliphatic rings. The van der Waals surface area contributed by atoms with Gasteiger partial charge in [0.2, 0.25) is 0 Å². The molecule has 0 saturated carbocycles. The number of halogens is 1. The smallest absolute Gasteiger partial charge is 0.262 e. The molecular formula is C21H19ClN2O3S. The fourth-order valence-electron chi connectivity index (χ4n) is 3.28. The van der Waals surface area contributed by atoms with Gasteiger partial charge >= 0.3 is 0 Å². The first-order chi connectivity index (χ1) is 13.6. The van der Waals surface area contributed by atoms with E-state index in [1.165, 1.54) is 11.8 Å². The fraction of sp³-hybridized carbons (Fsp3) is 0.286. The Morgan fingerprint density at radius 1 is 1.29 bits per heavy atom. The van der Waals surface area contributed by atoms with Gasteiger partial charge in [-0.3, -0.25) is 14.2 Å². The minimum atomic E-state index is -0.104. The van der Waals surface area contributed by atoms with Crippen molar-refractivity contribution in [3.05, 3.63) is 62.9 Å². The van der Waals surface area contributed by atoms with Crippen LogP contribution in [0, 0.1) is 0 Å². The lowest BCUT2D eigenvalue weighted by Gasteiger charge is -2.12. The lowest BCUT2D eigenvalue weighted by atomic mass is 10.1. The normalized spacial score (nSPS) is 12.8. The molecule has 0 saturated heterocycles. The van der Waals surface area contributed by atoms with E-state index in [-0.39, 0.29) is 17.1 Å². The lowest BCUT2D eigenvalue weighted by Crippen LogP contribution is -2.23. The quantitative estimate of drug-likeness (QED) is 0.340. The zero-order valence-corrected chi connectivity index (χ0v) is 17.0. The van der Waals surface area contributed by atoms with Crippen molar-refractivity contribution in [1.82, 2.24) is 9.55 Å². The van der Waals surface area contributed by atoms with E-state index in [1.807, 2.05) is 19.1 Å². The molecule has 1 aliphatic heterocycles. The minimum absolute atomic E-state index is 0.00295. The number of benzene rings is 2. The van der Waals surface area contributed by atoms with Crippen LogP contribution >= 0.6 is 23.4 Å². The highest BCUT2D eigenvalue weighted by Gasteiger charge is 2.17. The number of carbonyl (C=O) groups is 1. The maximum atomic E-state index is 12.9. The molecule has 28 heavy (non-hydrogen) atoms. The van der Waals surface area contributed by atoms with Gasteiger partial charge in [-0.1, -0.05) is 30.3 Å². The Balaban J connectivity index is 1.62. The third kappa shape index (κ3) is 3.66. The van der Waals surface area contributed by atoms with Crippen LogP contribution < -0.4 is 10.3 Å². The second kappa shape index (κ2) is 7.97. The Hall–Kier alpha value is -2.31. The predicted octanol–water partition coefficient (Wildman–Crippen LogP) is 4.37. The van der Waals surface area contributed by atoms with Crippen LogP contribution in [0.25, 0.3) is 10.9 Å². The van der Waals surface area contributed by atoms with Crippen molar-refractivity contribution in [2.45, 2.75) is 31.5 Å². The minimum Gasteiger partial charge on any atom is -0.493 e. The van der Waals surface area contributed by atoms with Crippen LogP contribution in [0.3, 0.4) is 0 Å². The maximum Gasteiger partial charge on any atom is 0.262 e. The van der Waals surface area contributed by atoms with E-state index in [1.54, 1.807) is 28.8 Å². The summed E-state index contributed by atoms with van der Waals surface area (Å²) in [6.07, 6.45) is 1.62. The highest BCUT2D eigenvalue weighted by molar-refractivity contribution is 7.99. The van der Waals surface area contributed by atoms with Gasteiger partial charge in [0.25, 0.3) is 5.56 Å². The number of hydrogen-bond acceptors (Lipinski definition) is 5. The van der Waals surface area contributed by atoms with Crippen molar-refractivity contribution < 1.29 is 9.53 Å². The van der Waals surface area contributed by atoms with Gasteiger partial charge in [0.05, 0.1) is 23.3 Å². The summed E-state index contributed by atoms with van der Waals surface area (Å²) in [5.74, 6) is 1.07. The number of aromatic nitrogens is 2. The molecule has 0 fully saturated rings. The van der Waals surface area contributed by atoms with E-state index in [0.717, 1.165) is 24.2 Å². The molecule has 0 bridgehead atoms. The first-order valence-electron chi connectivity index (χ1n) is 9.18. The van der Waals surface area contributed by atoms with Gasteiger partial charge in [-0.05, 0) is 48.4 Å². The standard InChI is InChI=1S/C21H19ClN2O3S/c1-2-8-24-20(26)16-5-4-15(22)11-17(16)23-21(24)28-12-18(25)13-3-6-19-14(10-13)7-9-27-19/h3-6,10-11H,2,7-9,12H2,1H3. The fourth-order valence-corrected chi connectivity index (χ4v) is 4.36. The number of fused-ring (bicyclic) bond motifs is 2. The number of ketones is 1. The van der Waals surface area contributed by atoms with Crippen LogP contribution in [0.2, 0.25) is 5.02 Å². The molecule has 4 rings (SSSR count). The van der Waals surface area contributed by atoms with E-state index in [9.17, 15) is 9.59 Å². The molecule has 2 aromatic carbocycles. The molecular weight excluding hydrogens is 396 g/mol. The molecule has 3 aromatic rings. The number of rotatable bonds is 6. The van der Waals surface area contributed by atoms with Crippen LogP contribution in [0.5, 0.6) is 5.75 Å². The van der Waals surface area contributed by atoms with Crippen molar-refractivity contribution in [3.8, 4) is 5.75 Å². The largest absolute Gasteiger partial charge is 0.493 e. The third-order valence-electron chi connectivity index (χ3n) is 4.67. The van der Waals surface area contributed by atoms with Crippen LogP contribution in [-0.2, 0) is 13.0 Å². The molecule has 0 radical (unpaired) electrons. The Bertz CT molecular complexity index is 1130. The second-order valence-electron chi connectivity index (χ2n) is 6.65. The molecule has 5 nitrogen and oxygen atoms in total. The topological polar surface area (TPSA) is 61.2 Å². The summed E-state index contributed by atoms with van der Waals surface area (Å²) < 4.78 is 7.14. The lowest BCUT2D eigenvalue weighted by molar-refractivity contribution is 0.102. The van der Waals surface area contributed by atoms with Crippen molar-refractivity contribution >= 4 is 40.0 Å². The number of hydrogen-bond donors (Lipinski definition) is 0. The average molecular weight is 415 g/mol. The molecule has 0 spiro atoms. The molecule has 0 unspecified atom stereocenters. The first kappa shape index (κ1) is 19.0.